The minimum Gasteiger partial charge on any atom is -0.304 e. The van der Waals surface area contributed by atoms with Gasteiger partial charge in [-0.25, -0.2) is 10.4 Å². The van der Waals surface area contributed by atoms with E-state index in [4.69, 9.17) is 23.2 Å². The highest BCUT2D eigenvalue weighted by molar-refractivity contribution is 6.33. The number of imidazole rings is 1. The summed E-state index contributed by atoms with van der Waals surface area (Å²) in [5, 5.41) is 4.11. The second-order valence-electron chi connectivity index (χ2n) is 5.18. The Kier molecular flexibility index (Phi) is 4.88. The van der Waals surface area contributed by atoms with Crippen molar-refractivity contribution in [2.24, 2.45) is 5.10 Å². The fourth-order valence-electron chi connectivity index (χ4n) is 2.09. The van der Waals surface area contributed by atoms with Crippen molar-refractivity contribution >= 4 is 41.0 Å². The molecule has 0 unspecified atom stereocenters. The first-order valence-corrected chi connectivity index (χ1v) is 7.84. The van der Waals surface area contributed by atoms with E-state index in [2.05, 4.69) is 15.5 Å². The number of rotatable bonds is 3. The summed E-state index contributed by atoms with van der Waals surface area (Å²) < 4.78 is 39.5. The molecular weight excluding hydrogens is 392 g/mol. The topological polar surface area (TPSA) is 58.8 Å². The molecular formula is C16H9Cl2F3N4O. The normalized spacial score (nSPS) is 12.0. The molecule has 0 aliphatic heterocycles. The van der Waals surface area contributed by atoms with Crippen LogP contribution < -0.4 is 5.43 Å². The van der Waals surface area contributed by atoms with Crippen LogP contribution in [-0.2, 0) is 6.18 Å². The summed E-state index contributed by atoms with van der Waals surface area (Å²) in [7, 11) is 0. The summed E-state index contributed by atoms with van der Waals surface area (Å²) in [6.07, 6.45) is -1.22. The van der Waals surface area contributed by atoms with Crippen LogP contribution in [0.25, 0.3) is 5.65 Å². The summed E-state index contributed by atoms with van der Waals surface area (Å²) in [5.41, 5.74) is 1.90. The SMILES string of the molecule is O=C(N/N=C/c1ccc(Cl)cc1)c1cn2cc(C(F)(F)F)cc(Cl)c2n1. The zero-order chi connectivity index (χ0) is 18.9. The van der Waals surface area contributed by atoms with Crippen molar-refractivity contribution in [2.75, 3.05) is 0 Å². The molecule has 0 aliphatic rings. The molecule has 0 bridgehead atoms. The van der Waals surface area contributed by atoms with Gasteiger partial charge in [-0.1, -0.05) is 35.3 Å². The summed E-state index contributed by atoms with van der Waals surface area (Å²) in [4.78, 5) is 16.0. The maximum Gasteiger partial charge on any atom is 0.417 e. The van der Waals surface area contributed by atoms with Crippen LogP contribution in [0.4, 0.5) is 13.2 Å². The number of carbonyl (C=O) groups is 1. The van der Waals surface area contributed by atoms with Crippen LogP contribution in [0.15, 0.2) is 47.8 Å². The number of nitrogens with zero attached hydrogens (tertiary/aromatic N) is 3. The summed E-state index contributed by atoms with van der Waals surface area (Å²) in [6.45, 7) is 0. The van der Waals surface area contributed by atoms with Gasteiger partial charge in [-0.15, -0.1) is 0 Å². The average Bonchev–Trinajstić information content (AvgIpc) is 3.01. The van der Waals surface area contributed by atoms with E-state index in [1.165, 1.54) is 6.21 Å². The molecule has 0 spiro atoms. The standard InChI is InChI=1S/C16H9Cl2F3N4O/c17-11-3-1-9(2-4-11)6-22-24-15(26)13-8-25-7-10(16(19,20)21)5-12(18)14(25)23-13/h1-8H,(H,24,26)/b22-6+. The van der Waals surface area contributed by atoms with Crippen LogP contribution in [0, 0.1) is 0 Å². The van der Waals surface area contributed by atoms with E-state index in [1.54, 1.807) is 24.3 Å². The maximum atomic E-state index is 12.8. The largest absolute Gasteiger partial charge is 0.417 e. The minimum atomic E-state index is -4.56. The van der Waals surface area contributed by atoms with Crippen molar-refractivity contribution < 1.29 is 18.0 Å². The van der Waals surface area contributed by atoms with Gasteiger partial charge in [0.2, 0.25) is 0 Å². The highest BCUT2D eigenvalue weighted by atomic mass is 35.5. The number of hydrogen-bond acceptors (Lipinski definition) is 3. The third kappa shape index (κ3) is 3.97. The molecule has 5 nitrogen and oxygen atoms in total. The van der Waals surface area contributed by atoms with Gasteiger partial charge in [-0.3, -0.25) is 4.79 Å². The number of nitrogens with one attached hydrogen (secondary N) is 1. The zero-order valence-corrected chi connectivity index (χ0v) is 14.3. The van der Waals surface area contributed by atoms with Gasteiger partial charge in [0, 0.05) is 17.4 Å². The lowest BCUT2D eigenvalue weighted by Gasteiger charge is -2.07. The quantitative estimate of drug-likeness (QED) is 0.522. The maximum absolute atomic E-state index is 12.8. The van der Waals surface area contributed by atoms with Crippen LogP contribution in [0.1, 0.15) is 21.6 Å². The van der Waals surface area contributed by atoms with Gasteiger partial charge < -0.3 is 4.40 Å². The number of alkyl halides is 3. The Morgan fingerprint density at radius 3 is 2.54 bits per heavy atom. The van der Waals surface area contributed by atoms with Crippen LogP contribution in [-0.4, -0.2) is 21.5 Å². The third-order valence-corrected chi connectivity index (χ3v) is 3.85. The number of pyridine rings is 1. The Morgan fingerprint density at radius 2 is 1.88 bits per heavy atom. The van der Waals surface area contributed by atoms with E-state index in [0.29, 0.717) is 10.6 Å². The van der Waals surface area contributed by atoms with Gasteiger partial charge in [-0.2, -0.15) is 18.3 Å². The Balaban J connectivity index is 1.80. The van der Waals surface area contributed by atoms with Crippen LogP contribution >= 0.6 is 23.2 Å². The number of hydrogen-bond donors (Lipinski definition) is 1. The molecule has 0 aliphatic carbocycles. The monoisotopic (exact) mass is 400 g/mol. The molecule has 3 aromatic rings. The van der Waals surface area contributed by atoms with Crippen molar-refractivity contribution in [3.8, 4) is 0 Å². The molecule has 1 amide bonds. The molecule has 134 valence electrons. The number of aromatic nitrogens is 2. The smallest absolute Gasteiger partial charge is 0.304 e. The summed E-state index contributed by atoms with van der Waals surface area (Å²) >= 11 is 11.6. The number of fused-ring (bicyclic) bond motifs is 1. The van der Waals surface area contributed by atoms with Crippen molar-refractivity contribution in [3.05, 3.63) is 69.6 Å². The highest BCUT2D eigenvalue weighted by Crippen LogP contribution is 2.32. The molecule has 2 aromatic heterocycles. The van der Waals surface area contributed by atoms with Gasteiger partial charge in [-0.05, 0) is 23.8 Å². The fourth-order valence-corrected chi connectivity index (χ4v) is 2.48. The Bertz CT molecular complexity index is 997. The van der Waals surface area contributed by atoms with Gasteiger partial charge in [0.15, 0.2) is 5.65 Å². The molecule has 2 heterocycles. The van der Waals surface area contributed by atoms with E-state index in [0.717, 1.165) is 22.9 Å². The molecule has 0 atom stereocenters. The van der Waals surface area contributed by atoms with E-state index >= 15 is 0 Å². The number of hydrazone groups is 1. The highest BCUT2D eigenvalue weighted by Gasteiger charge is 2.32. The predicted octanol–water partition coefficient (Wildman–Crippen LogP) is 4.42. The van der Waals surface area contributed by atoms with Crippen molar-refractivity contribution in [1.29, 1.82) is 0 Å². The second-order valence-corrected chi connectivity index (χ2v) is 6.03. The Hall–Kier alpha value is -2.58. The van der Waals surface area contributed by atoms with Gasteiger partial charge in [0.1, 0.15) is 5.69 Å². The molecule has 1 aromatic carbocycles. The molecule has 0 radical (unpaired) electrons. The van der Waals surface area contributed by atoms with E-state index in [9.17, 15) is 18.0 Å². The lowest BCUT2D eigenvalue weighted by molar-refractivity contribution is -0.137. The molecule has 1 N–H and O–H groups in total. The van der Waals surface area contributed by atoms with Crippen LogP contribution in [0.2, 0.25) is 10.0 Å². The number of carbonyl (C=O) groups excluding carboxylic acids is 1. The molecule has 10 heteroatoms. The van der Waals surface area contributed by atoms with Gasteiger partial charge in [0.05, 0.1) is 16.8 Å². The van der Waals surface area contributed by atoms with E-state index in [1.807, 2.05) is 0 Å². The first kappa shape index (κ1) is 18.2. The Morgan fingerprint density at radius 1 is 1.19 bits per heavy atom. The molecule has 3 rings (SSSR count). The third-order valence-electron chi connectivity index (χ3n) is 3.32. The molecule has 0 fully saturated rings. The number of halogens is 5. The van der Waals surface area contributed by atoms with E-state index in [-0.39, 0.29) is 16.4 Å². The molecule has 0 saturated heterocycles. The van der Waals surface area contributed by atoms with Gasteiger partial charge >= 0.3 is 6.18 Å². The van der Waals surface area contributed by atoms with E-state index < -0.39 is 17.6 Å². The first-order chi connectivity index (χ1) is 12.2. The average molecular weight is 401 g/mol. The summed E-state index contributed by atoms with van der Waals surface area (Å²) in [6, 6.07) is 7.47. The second kappa shape index (κ2) is 6.97. The minimum absolute atomic E-state index is 0.0338. The lowest BCUT2D eigenvalue weighted by atomic mass is 10.2. The first-order valence-electron chi connectivity index (χ1n) is 7.08. The lowest BCUT2D eigenvalue weighted by Crippen LogP contribution is -2.17. The number of benzene rings is 1. The summed E-state index contributed by atoms with van der Waals surface area (Å²) in [5.74, 6) is -0.691. The number of amides is 1. The predicted molar refractivity (Wildman–Crippen MR) is 91.7 cm³/mol. The van der Waals surface area contributed by atoms with Crippen molar-refractivity contribution in [2.45, 2.75) is 6.18 Å². The van der Waals surface area contributed by atoms with Gasteiger partial charge in [0.25, 0.3) is 5.91 Å². The fraction of sp³-hybridized carbons (Fsp3) is 0.0625. The van der Waals surface area contributed by atoms with Crippen LogP contribution in [0.3, 0.4) is 0 Å². The molecule has 0 saturated carbocycles. The Labute approximate surface area is 155 Å². The molecule has 26 heavy (non-hydrogen) atoms. The van der Waals surface area contributed by atoms with Crippen molar-refractivity contribution in [1.82, 2.24) is 14.8 Å². The van der Waals surface area contributed by atoms with Crippen LogP contribution in [0.5, 0.6) is 0 Å². The zero-order valence-electron chi connectivity index (χ0n) is 12.8. The van der Waals surface area contributed by atoms with Crippen molar-refractivity contribution in [3.63, 3.8) is 0 Å².